The summed E-state index contributed by atoms with van der Waals surface area (Å²) >= 11 is 0. The predicted octanol–water partition coefficient (Wildman–Crippen LogP) is 1.33. The van der Waals surface area contributed by atoms with Gasteiger partial charge in [0.1, 0.15) is 5.75 Å². The van der Waals surface area contributed by atoms with Crippen LogP contribution in [0.3, 0.4) is 0 Å². The van der Waals surface area contributed by atoms with Crippen molar-refractivity contribution >= 4 is 17.6 Å². The van der Waals surface area contributed by atoms with Crippen molar-refractivity contribution in [3.63, 3.8) is 0 Å². The number of carbonyl (C=O) groups is 3. The fourth-order valence-corrected chi connectivity index (χ4v) is 5.01. The van der Waals surface area contributed by atoms with E-state index in [1.54, 1.807) is 36.4 Å². The van der Waals surface area contributed by atoms with Gasteiger partial charge < -0.3 is 25.0 Å². The van der Waals surface area contributed by atoms with Crippen molar-refractivity contribution in [2.24, 2.45) is 0 Å². The number of Topliss-reactive ketones (excluding diaryl/α,β-unsaturated/α-hetero) is 1. The molecule has 1 fully saturated rings. The zero-order valence-electron chi connectivity index (χ0n) is 18.9. The summed E-state index contributed by atoms with van der Waals surface area (Å²) in [6.45, 7) is 6.20. The molecular weight excluding hydrogens is 422 g/mol. The number of carbonyl (C=O) groups excluding carboxylic acids is 3. The molecule has 2 N–H and O–H groups in total. The second-order valence-corrected chi connectivity index (χ2v) is 9.33. The van der Waals surface area contributed by atoms with Gasteiger partial charge in [0, 0.05) is 42.9 Å². The molecule has 8 heteroatoms. The highest BCUT2D eigenvalue weighted by molar-refractivity contribution is 6.36. The fourth-order valence-electron chi connectivity index (χ4n) is 5.01. The lowest BCUT2D eigenvalue weighted by Gasteiger charge is -2.36. The van der Waals surface area contributed by atoms with Crippen LogP contribution in [0.4, 0.5) is 0 Å². The first-order valence-electron chi connectivity index (χ1n) is 11.2. The second-order valence-electron chi connectivity index (χ2n) is 9.33. The third-order valence-corrected chi connectivity index (χ3v) is 7.01. The number of piperazine rings is 1. The first kappa shape index (κ1) is 21.6. The largest absolute Gasteiger partial charge is 0.454 e. The topological polar surface area (TPSA) is 99.2 Å². The maximum absolute atomic E-state index is 13.8. The third kappa shape index (κ3) is 2.94. The second kappa shape index (κ2) is 7.40. The molecule has 1 aliphatic carbocycles. The molecule has 0 radical (unpaired) electrons. The summed E-state index contributed by atoms with van der Waals surface area (Å²) in [4.78, 5) is 43.5. The number of nitrogens with zero attached hydrogens (tertiary/aromatic N) is 2. The van der Waals surface area contributed by atoms with Crippen molar-refractivity contribution in [2.45, 2.75) is 31.1 Å². The third-order valence-electron chi connectivity index (χ3n) is 7.01. The number of likely N-dealkylation sites (N-methyl/N-ethyl adjacent to an activating group) is 1. The summed E-state index contributed by atoms with van der Waals surface area (Å²) < 4.78 is 6.04. The molecule has 1 saturated heterocycles. The minimum atomic E-state index is -2.16. The lowest BCUT2D eigenvalue weighted by atomic mass is 9.82. The summed E-state index contributed by atoms with van der Waals surface area (Å²) in [5.74, 6) is -3.81. The molecule has 2 aromatic rings. The number of amides is 2. The Bertz CT molecular complexity index is 1170. The van der Waals surface area contributed by atoms with Crippen molar-refractivity contribution in [2.75, 3.05) is 33.2 Å². The van der Waals surface area contributed by atoms with E-state index in [0.717, 1.165) is 5.56 Å². The van der Waals surface area contributed by atoms with Crippen LogP contribution in [0.15, 0.2) is 42.5 Å². The highest BCUT2D eigenvalue weighted by Gasteiger charge is 2.72. The molecule has 2 unspecified atom stereocenters. The van der Waals surface area contributed by atoms with Crippen LogP contribution in [0.2, 0.25) is 0 Å². The summed E-state index contributed by atoms with van der Waals surface area (Å²) in [5, 5.41) is 14.5. The summed E-state index contributed by atoms with van der Waals surface area (Å²) in [7, 11) is 1.95. The van der Waals surface area contributed by atoms with Crippen LogP contribution >= 0.6 is 0 Å². The van der Waals surface area contributed by atoms with Crippen molar-refractivity contribution in [1.82, 2.24) is 15.1 Å². The Morgan fingerprint density at radius 2 is 1.76 bits per heavy atom. The average molecular weight is 450 g/mol. The first-order chi connectivity index (χ1) is 15.7. The SMILES string of the molecule is CC(C)c1ccc2c(c1)OC1(O)c3ccccc3C(=O)C21NC(=O)C(=O)N1CCN(C)CC1. The van der Waals surface area contributed by atoms with Crippen LogP contribution < -0.4 is 10.1 Å². The molecule has 0 bridgehead atoms. The van der Waals surface area contributed by atoms with Crippen LogP contribution in [-0.2, 0) is 20.9 Å². The number of hydrogen-bond donors (Lipinski definition) is 2. The molecule has 2 heterocycles. The van der Waals surface area contributed by atoms with Crippen molar-refractivity contribution in [1.29, 1.82) is 0 Å². The normalized spacial score (nSPS) is 26.0. The van der Waals surface area contributed by atoms with E-state index in [1.807, 2.05) is 27.0 Å². The van der Waals surface area contributed by atoms with Gasteiger partial charge in [-0.3, -0.25) is 14.4 Å². The molecule has 8 nitrogen and oxygen atoms in total. The Balaban J connectivity index is 1.59. The number of ether oxygens (including phenoxy) is 1. The van der Waals surface area contributed by atoms with E-state index < -0.39 is 28.9 Å². The van der Waals surface area contributed by atoms with E-state index >= 15 is 0 Å². The minimum Gasteiger partial charge on any atom is -0.454 e. The van der Waals surface area contributed by atoms with Gasteiger partial charge in [-0.2, -0.15) is 0 Å². The Morgan fingerprint density at radius 1 is 1.06 bits per heavy atom. The highest BCUT2D eigenvalue weighted by Crippen LogP contribution is 2.58. The van der Waals surface area contributed by atoms with Gasteiger partial charge in [0.25, 0.3) is 5.79 Å². The quantitative estimate of drug-likeness (QED) is 0.672. The van der Waals surface area contributed by atoms with E-state index in [1.165, 1.54) is 4.90 Å². The minimum absolute atomic E-state index is 0.196. The summed E-state index contributed by atoms with van der Waals surface area (Å²) in [5.41, 5.74) is -0.111. The first-order valence-corrected chi connectivity index (χ1v) is 11.2. The molecule has 2 atom stereocenters. The van der Waals surface area contributed by atoms with Gasteiger partial charge in [-0.1, -0.05) is 50.2 Å². The van der Waals surface area contributed by atoms with Crippen molar-refractivity contribution in [3.05, 3.63) is 64.7 Å². The highest BCUT2D eigenvalue weighted by atomic mass is 16.6. The molecule has 0 aromatic heterocycles. The van der Waals surface area contributed by atoms with E-state index in [2.05, 4.69) is 10.2 Å². The van der Waals surface area contributed by atoms with Gasteiger partial charge in [-0.05, 0) is 24.6 Å². The predicted molar refractivity (Wildman–Crippen MR) is 120 cm³/mol. The van der Waals surface area contributed by atoms with E-state index in [0.29, 0.717) is 37.5 Å². The zero-order valence-corrected chi connectivity index (χ0v) is 18.9. The number of hydrogen-bond acceptors (Lipinski definition) is 6. The Hall–Kier alpha value is -3.23. The van der Waals surface area contributed by atoms with E-state index in [-0.39, 0.29) is 17.0 Å². The van der Waals surface area contributed by atoms with Crippen molar-refractivity contribution in [3.8, 4) is 5.75 Å². The van der Waals surface area contributed by atoms with Gasteiger partial charge in [0.15, 0.2) is 0 Å². The number of benzene rings is 2. The molecular formula is C25H27N3O5. The number of fused-ring (bicyclic) bond motifs is 5. The maximum Gasteiger partial charge on any atom is 0.312 e. The number of rotatable bonds is 2. The van der Waals surface area contributed by atoms with E-state index in [9.17, 15) is 19.5 Å². The molecule has 0 saturated carbocycles. The number of ketones is 1. The Morgan fingerprint density at radius 3 is 2.45 bits per heavy atom. The molecule has 172 valence electrons. The maximum atomic E-state index is 13.8. The van der Waals surface area contributed by atoms with E-state index in [4.69, 9.17) is 4.74 Å². The van der Waals surface area contributed by atoms with Gasteiger partial charge >= 0.3 is 11.8 Å². The fraction of sp³-hybridized carbons (Fsp3) is 0.400. The van der Waals surface area contributed by atoms with Gasteiger partial charge in [0.2, 0.25) is 11.3 Å². The summed E-state index contributed by atoms with van der Waals surface area (Å²) in [6.07, 6.45) is 0. The van der Waals surface area contributed by atoms with Gasteiger partial charge in [-0.25, -0.2) is 0 Å². The Kier molecular flexibility index (Phi) is 4.84. The standard InChI is InChI=1S/C25H27N3O5/c1-15(2)16-8-9-19-20(14-16)33-25(32)18-7-5-4-6-17(18)21(29)24(19,25)26-22(30)23(31)28-12-10-27(3)11-13-28/h4-9,14-15,32H,10-13H2,1-3H3,(H,26,30). The molecule has 33 heavy (non-hydrogen) atoms. The molecule has 2 aromatic carbocycles. The van der Waals surface area contributed by atoms with Gasteiger partial charge in [0.05, 0.1) is 0 Å². The lowest BCUT2D eigenvalue weighted by Crippen LogP contribution is -2.63. The summed E-state index contributed by atoms with van der Waals surface area (Å²) in [6, 6.07) is 11.9. The van der Waals surface area contributed by atoms with Crippen LogP contribution in [0.5, 0.6) is 5.75 Å². The molecule has 5 rings (SSSR count). The van der Waals surface area contributed by atoms with Crippen LogP contribution in [-0.4, -0.2) is 65.7 Å². The van der Waals surface area contributed by atoms with Crippen molar-refractivity contribution < 1.29 is 24.2 Å². The monoisotopic (exact) mass is 449 g/mol. The lowest BCUT2D eigenvalue weighted by molar-refractivity contribution is -0.177. The molecule has 0 spiro atoms. The Labute approximate surface area is 192 Å². The number of aliphatic hydroxyl groups is 1. The number of nitrogens with one attached hydrogen (secondary N) is 1. The van der Waals surface area contributed by atoms with Crippen LogP contribution in [0.25, 0.3) is 0 Å². The van der Waals surface area contributed by atoms with Crippen LogP contribution in [0.1, 0.15) is 46.8 Å². The van der Waals surface area contributed by atoms with Crippen LogP contribution in [0, 0.1) is 0 Å². The average Bonchev–Trinajstić information content (AvgIpc) is 3.16. The van der Waals surface area contributed by atoms with Gasteiger partial charge in [-0.15, -0.1) is 0 Å². The molecule has 3 aliphatic rings. The molecule has 2 amide bonds. The molecule has 2 aliphatic heterocycles. The zero-order chi connectivity index (χ0) is 23.5. The smallest absolute Gasteiger partial charge is 0.312 e.